The highest BCUT2D eigenvalue weighted by Gasteiger charge is 2.53. The lowest BCUT2D eigenvalue weighted by Gasteiger charge is -2.43. The molecule has 2 aromatic carbocycles. The lowest BCUT2D eigenvalue weighted by atomic mass is 9.72. The smallest absolute Gasteiger partial charge is 0.202 e. The minimum absolute atomic E-state index is 0.0267. The third-order valence-electron chi connectivity index (χ3n) is 9.56. The monoisotopic (exact) mass is 643 g/mol. The molecule has 3 heterocycles. The third kappa shape index (κ3) is 4.91. The van der Waals surface area contributed by atoms with Gasteiger partial charge in [0.15, 0.2) is 17.9 Å². The maximum Gasteiger partial charge on any atom is 0.202 e. The molecule has 5 N–H and O–H groups in total. The van der Waals surface area contributed by atoms with Crippen LogP contribution >= 0.6 is 0 Å². The maximum absolute atomic E-state index is 13.8. The van der Waals surface area contributed by atoms with E-state index in [0.717, 1.165) is 7.11 Å². The molecule has 0 spiro atoms. The van der Waals surface area contributed by atoms with Crippen LogP contribution in [0.2, 0.25) is 0 Å². The van der Waals surface area contributed by atoms with Crippen LogP contribution in [-0.2, 0) is 30.2 Å². The number of nitrogens with zero attached hydrogens (tertiary/aromatic N) is 1. The highest BCUT2D eigenvalue weighted by atomic mass is 16.7. The van der Waals surface area contributed by atoms with Crippen LogP contribution in [0.3, 0.4) is 0 Å². The molecule has 0 unspecified atom stereocenters. The number of hydrogen-bond donors (Lipinski definition) is 5. The lowest BCUT2D eigenvalue weighted by Crippen LogP contribution is -2.53. The number of carbonyl (C=O) groups is 3. The Labute approximate surface area is 264 Å². The molecule has 248 valence electrons. The van der Waals surface area contributed by atoms with Gasteiger partial charge in [-0.1, -0.05) is 12.1 Å². The first-order valence-corrected chi connectivity index (χ1v) is 15.1. The molecule has 0 amide bonds. The Bertz CT molecular complexity index is 1570. The molecule has 14 heteroatoms. The van der Waals surface area contributed by atoms with Gasteiger partial charge in [0.05, 0.1) is 49.2 Å². The molecular formula is C32H37NO13. The summed E-state index contributed by atoms with van der Waals surface area (Å²) < 4.78 is 29.6. The van der Waals surface area contributed by atoms with E-state index in [-0.39, 0.29) is 46.4 Å². The Hall–Kier alpha value is -3.47. The van der Waals surface area contributed by atoms with Crippen LogP contribution in [0.5, 0.6) is 17.2 Å². The van der Waals surface area contributed by atoms with E-state index in [9.17, 15) is 34.8 Å². The van der Waals surface area contributed by atoms with Crippen molar-refractivity contribution in [3.63, 3.8) is 0 Å². The molecule has 0 bridgehead atoms. The Balaban J connectivity index is 0.00000182. The molecule has 46 heavy (non-hydrogen) atoms. The number of rotatable bonds is 5. The van der Waals surface area contributed by atoms with E-state index in [2.05, 4.69) is 4.90 Å². The van der Waals surface area contributed by atoms with Crippen LogP contribution < -0.4 is 4.74 Å². The fourth-order valence-corrected chi connectivity index (χ4v) is 7.48. The van der Waals surface area contributed by atoms with E-state index in [4.69, 9.17) is 28.8 Å². The minimum atomic E-state index is -2.21. The summed E-state index contributed by atoms with van der Waals surface area (Å²) in [7, 11) is 2.35. The van der Waals surface area contributed by atoms with Crippen LogP contribution in [0, 0.1) is 0 Å². The van der Waals surface area contributed by atoms with Gasteiger partial charge in [0.1, 0.15) is 41.8 Å². The van der Waals surface area contributed by atoms with E-state index < -0.39 is 83.5 Å². The number of ketones is 3. The highest BCUT2D eigenvalue weighted by Crippen LogP contribution is 2.53. The Kier molecular flexibility index (Phi) is 8.67. The van der Waals surface area contributed by atoms with E-state index >= 15 is 0 Å². The normalized spacial score (nSPS) is 31.4. The van der Waals surface area contributed by atoms with Crippen LogP contribution in [0.4, 0.5) is 0 Å². The number of aliphatic hydroxyl groups is 3. The average Bonchev–Trinajstić information content (AvgIpc) is 3.44. The molecule has 2 aromatic rings. The predicted molar refractivity (Wildman–Crippen MR) is 156 cm³/mol. The summed E-state index contributed by atoms with van der Waals surface area (Å²) >= 11 is 0. The molecule has 0 aromatic heterocycles. The SMILES string of the molecule is CO.COc1cccc2c1C(=O)c1c(O)c3c(c(O)c1C2=O)C[C@@](O)(C(=O)CO)C[C@@H]3O[C@H]1C[C@H]2[C@H](O[C@@H]3COCCN32)[C@H](C)O1. The van der Waals surface area contributed by atoms with Crippen molar-refractivity contribution < 1.29 is 63.6 Å². The first-order valence-electron chi connectivity index (χ1n) is 15.1. The minimum Gasteiger partial charge on any atom is -0.507 e. The molecule has 7 rings (SSSR count). The maximum atomic E-state index is 13.8. The number of methoxy groups -OCH3 is 1. The molecule has 0 saturated carbocycles. The van der Waals surface area contributed by atoms with E-state index in [0.29, 0.717) is 26.2 Å². The molecule has 2 aliphatic carbocycles. The van der Waals surface area contributed by atoms with Crippen molar-refractivity contribution in [3.8, 4) is 17.2 Å². The van der Waals surface area contributed by atoms with Crippen LogP contribution in [0.25, 0.3) is 0 Å². The predicted octanol–water partition coefficient (Wildman–Crippen LogP) is 0.347. The number of phenolic OH excluding ortho intramolecular Hbond substituents is 2. The zero-order valence-electron chi connectivity index (χ0n) is 25.6. The van der Waals surface area contributed by atoms with Crippen molar-refractivity contribution in [1.29, 1.82) is 0 Å². The Morgan fingerprint density at radius 3 is 2.54 bits per heavy atom. The molecule has 3 aliphatic heterocycles. The van der Waals surface area contributed by atoms with Gasteiger partial charge in [0, 0.05) is 55.6 Å². The van der Waals surface area contributed by atoms with Crippen molar-refractivity contribution in [2.45, 2.75) is 68.7 Å². The summed E-state index contributed by atoms with van der Waals surface area (Å²) in [4.78, 5) is 42.5. The first-order chi connectivity index (χ1) is 22.1. The zero-order chi connectivity index (χ0) is 33.1. The van der Waals surface area contributed by atoms with Gasteiger partial charge in [0.25, 0.3) is 0 Å². The zero-order valence-corrected chi connectivity index (χ0v) is 25.6. The highest BCUT2D eigenvalue weighted by molar-refractivity contribution is 6.31. The van der Waals surface area contributed by atoms with Gasteiger partial charge in [0.2, 0.25) is 5.78 Å². The molecule has 14 nitrogen and oxygen atoms in total. The number of ether oxygens (including phenoxy) is 5. The topological polar surface area (TPSA) is 202 Å². The number of phenols is 2. The second-order valence-corrected chi connectivity index (χ2v) is 11.9. The standard InChI is InChI=1S/C31H33NO12.CH4O/c1-13-30-16(32-6-7-41-12-20(32)44-30)8-21(42-13)43-18-10-31(39,19(34)11-33)9-15-23(18)29(38)25-24(27(15)36)26(35)14-4-3-5-17(40-2)22(14)28(25)37;1-2/h3-5,13,16,18,20-21,30,33,36,38-39H,6-12H2,1-2H3;2H,1H3/t13-,16-,18-,20+,21-,30+,31-;/m0./s1. The summed E-state index contributed by atoms with van der Waals surface area (Å²) in [5.74, 6) is -3.54. The fourth-order valence-electron chi connectivity index (χ4n) is 7.48. The molecule has 0 radical (unpaired) electrons. The Morgan fingerprint density at radius 2 is 1.83 bits per heavy atom. The second-order valence-electron chi connectivity index (χ2n) is 11.9. The number of carbonyl (C=O) groups excluding carboxylic acids is 3. The number of benzene rings is 2. The summed E-state index contributed by atoms with van der Waals surface area (Å²) in [6, 6.07) is 4.37. The summed E-state index contributed by atoms with van der Waals surface area (Å²) in [5.41, 5.74) is -3.33. The van der Waals surface area contributed by atoms with Gasteiger partial charge < -0.3 is 49.2 Å². The Morgan fingerprint density at radius 1 is 1.09 bits per heavy atom. The fraction of sp³-hybridized carbons (Fsp3) is 0.531. The number of morpholine rings is 1. The number of Topliss-reactive ketones (excluding diaryl/α,β-unsaturated/α-hetero) is 1. The average molecular weight is 644 g/mol. The largest absolute Gasteiger partial charge is 0.507 e. The van der Waals surface area contributed by atoms with Gasteiger partial charge in [-0.15, -0.1) is 0 Å². The third-order valence-corrected chi connectivity index (χ3v) is 9.56. The van der Waals surface area contributed by atoms with Crippen molar-refractivity contribution in [1.82, 2.24) is 4.90 Å². The first kappa shape index (κ1) is 32.5. The number of aromatic hydroxyl groups is 2. The van der Waals surface area contributed by atoms with E-state index in [1.807, 2.05) is 6.92 Å². The van der Waals surface area contributed by atoms with Gasteiger partial charge in [-0.3, -0.25) is 19.3 Å². The van der Waals surface area contributed by atoms with Crippen molar-refractivity contribution in [2.24, 2.45) is 0 Å². The second kappa shape index (κ2) is 12.3. The number of hydrogen-bond acceptors (Lipinski definition) is 14. The molecule has 3 fully saturated rings. The van der Waals surface area contributed by atoms with Crippen LogP contribution in [-0.4, -0.2) is 125 Å². The summed E-state index contributed by atoms with van der Waals surface area (Å²) in [6.45, 7) is 2.49. The van der Waals surface area contributed by atoms with Gasteiger partial charge in [-0.25, -0.2) is 0 Å². The van der Waals surface area contributed by atoms with E-state index in [1.165, 1.54) is 25.3 Å². The van der Waals surface area contributed by atoms with E-state index in [1.54, 1.807) is 0 Å². The molecule has 7 atom stereocenters. The van der Waals surface area contributed by atoms with Crippen LogP contribution in [0.1, 0.15) is 68.8 Å². The van der Waals surface area contributed by atoms with Crippen molar-refractivity contribution in [3.05, 3.63) is 51.6 Å². The molecule has 3 saturated heterocycles. The lowest BCUT2D eigenvalue weighted by molar-refractivity contribution is -0.247. The quantitative estimate of drug-likeness (QED) is 0.238. The van der Waals surface area contributed by atoms with Crippen LogP contribution in [0.15, 0.2) is 18.2 Å². The van der Waals surface area contributed by atoms with Crippen molar-refractivity contribution >= 4 is 17.3 Å². The summed E-state index contributed by atoms with van der Waals surface area (Å²) in [5, 5.41) is 51.4. The summed E-state index contributed by atoms with van der Waals surface area (Å²) in [6.07, 6.45) is -3.62. The molecule has 5 aliphatic rings. The van der Waals surface area contributed by atoms with Crippen molar-refractivity contribution in [2.75, 3.05) is 40.6 Å². The number of aliphatic hydroxyl groups excluding tert-OH is 2. The molecular weight excluding hydrogens is 606 g/mol. The number of fused-ring (bicyclic) bond motifs is 6. The van der Waals surface area contributed by atoms with Gasteiger partial charge in [-0.2, -0.15) is 0 Å². The van der Waals surface area contributed by atoms with Gasteiger partial charge in [-0.05, 0) is 13.0 Å². The van der Waals surface area contributed by atoms with Gasteiger partial charge >= 0.3 is 0 Å².